The number of rotatable bonds is 7. The lowest BCUT2D eigenvalue weighted by molar-refractivity contribution is 0.183. The van der Waals surface area contributed by atoms with Gasteiger partial charge in [0.15, 0.2) is 5.84 Å². The lowest BCUT2D eigenvalue weighted by atomic mass is 9.84. The standard InChI is InChI=1S/C24H27N5O3.C2H6/c1-15(2)31-22-10-9-16(13-17(22)14-25)24-27-23(28-29-32-24)20-7-3-6-19-18(20)5-4-8-21(19)26-11-12-30;1-2/h3,6-7,9-10,13,15,21,26,29-30H,4-5,8,11-12H2,1-2H3;1-2H3/t21-;/m0./s1. The second-order valence-corrected chi connectivity index (χ2v) is 8.03. The van der Waals surface area contributed by atoms with Crippen LogP contribution in [0.25, 0.3) is 0 Å². The van der Waals surface area contributed by atoms with Crippen LogP contribution in [0.2, 0.25) is 0 Å². The summed E-state index contributed by atoms with van der Waals surface area (Å²) in [5.41, 5.74) is 7.06. The van der Waals surface area contributed by atoms with Gasteiger partial charge in [0.1, 0.15) is 11.8 Å². The maximum absolute atomic E-state index is 9.53. The number of nitrogens with zero attached hydrogens (tertiary/aromatic N) is 3. The van der Waals surface area contributed by atoms with Crippen LogP contribution < -0.4 is 15.6 Å². The second kappa shape index (κ2) is 12.2. The summed E-state index contributed by atoms with van der Waals surface area (Å²) < 4.78 is 5.71. The smallest absolute Gasteiger partial charge is 0.257 e. The molecule has 1 aliphatic carbocycles. The highest BCUT2D eigenvalue weighted by Crippen LogP contribution is 2.32. The summed E-state index contributed by atoms with van der Waals surface area (Å²) in [7, 11) is 0. The molecule has 0 unspecified atom stereocenters. The number of ether oxygens (including phenoxy) is 1. The van der Waals surface area contributed by atoms with E-state index in [9.17, 15) is 10.4 Å². The van der Waals surface area contributed by atoms with Gasteiger partial charge in [0.25, 0.3) is 5.90 Å². The first kappa shape index (κ1) is 25.2. The minimum atomic E-state index is -0.0309. The predicted octanol–water partition coefficient (Wildman–Crippen LogP) is 3.97. The molecule has 0 saturated carbocycles. The van der Waals surface area contributed by atoms with Crippen molar-refractivity contribution in [1.82, 2.24) is 10.9 Å². The van der Waals surface area contributed by atoms with Crippen molar-refractivity contribution >= 4 is 11.7 Å². The van der Waals surface area contributed by atoms with Crippen LogP contribution in [0, 0.1) is 11.3 Å². The predicted molar refractivity (Wildman–Crippen MR) is 133 cm³/mol. The summed E-state index contributed by atoms with van der Waals surface area (Å²) >= 11 is 0. The number of aliphatic imine (C=N–C) groups is 1. The van der Waals surface area contributed by atoms with E-state index in [4.69, 9.17) is 9.57 Å². The molecular formula is C26H33N5O3. The Balaban J connectivity index is 0.00000158. The van der Waals surface area contributed by atoms with Crippen molar-refractivity contribution in [2.24, 2.45) is 10.1 Å². The third-order valence-corrected chi connectivity index (χ3v) is 5.46. The molecule has 2 aromatic carbocycles. The van der Waals surface area contributed by atoms with Gasteiger partial charge in [-0.05, 0) is 62.4 Å². The van der Waals surface area contributed by atoms with Crippen LogP contribution in [-0.2, 0) is 11.3 Å². The first-order valence-electron chi connectivity index (χ1n) is 11.9. The quantitative estimate of drug-likeness (QED) is 0.573. The zero-order valence-electron chi connectivity index (χ0n) is 20.3. The molecule has 0 amide bonds. The lowest BCUT2D eigenvalue weighted by Gasteiger charge is -2.28. The van der Waals surface area contributed by atoms with Crippen LogP contribution in [0.5, 0.6) is 5.75 Å². The highest BCUT2D eigenvalue weighted by atomic mass is 16.7. The van der Waals surface area contributed by atoms with Gasteiger partial charge >= 0.3 is 0 Å². The fourth-order valence-electron chi connectivity index (χ4n) is 4.11. The molecule has 3 N–H and O–H groups in total. The van der Waals surface area contributed by atoms with Gasteiger partial charge in [-0.15, -0.1) is 10.7 Å². The summed E-state index contributed by atoms with van der Waals surface area (Å²) in [4.78, 5) is 10.1. The van der Waals surface area contributed by atoms with Crippen LogP contribution in [0.3, 0.4) is 0 Å². The fourth-order valence-corrected chi connectivity index (χ4v) is 4.11. The first-order chi connectivity index (χ1) is 16.6. The summed E-state index contributed by atoms with van der Waals surface area (Å²) in [5, 5.41) is 26.4. The zero-order chi connectivity index (χ0) is 24.5. The second-order valence-electron chi connectivity index (χ2n) is 8.03. The average Bonchev–Trinajstić information content (AvgIpc) is 2.88. The number of nitrogens with one attached hydrogen (secondary N) is 2. The summed E-state index contributed by atoms with van der Waals surface area (Å²) in [5.74, 6) is 1.40. The lowest BCUT2D eigenvalue weighted by Crippen LogP contribution is -2.29. The Morgan fingerprint density at radius 3 is 2.85 bits per heavy atom. The van der Waals surface area contributed by atoms with E-state index in [2.05, 4.69) is 33.1 Å². The van der Waals surface area contributed by atoms with Gasteiger partial charge in [-0.3, -0.25) is 0 Å². The van der Waals surface area contributed by atoms with Gasteiger partial charge in [-0.1, -0.05) is 32.0 Å². The van der Waals surface area contributed by atoms with Crippen molar-refractivity contribution in [3.8, 4) is 11.8 Å². The van der Waals surface area contributed by atoms with E-state index in [0.29, 0.717) is 35.2 Å². The number of fused-ring (bicyclic) bond motifs is 1. The molecule has 0 saturated heterocycles. The van der Waals surface area contributed by atoms with E-state index >= 15 is 0 Å². The molecule has 2 aromatic rings. The highest BCUT2D eigenvalue weighted by molar-refractivity contribution is 6.11. The number of hydrogen-bond donors (Lipinski definition) is 3. The van der Waals surface area contributed by atoms with E-state index in [1.54, 1.807) is 12.1 Å². The Kier molecular flexibility index (Phi) is 9.02. The van der Waals surface area contributed by atoms with Crippen molar-refractivity contribution in [3.05, 3.63) is 64.2 Å². The molecule has 0 radical (unpaired) electrons. The molecule has 1 aliphatic heterocycles. The zero-order valence-corrected chi connectivity index (χ0v) is 20.3. The molecule has 0 bridgehead atoms. The van der Waals surface area contributed by atoms with Crippen molar-refractivity contribution in [1.29, 1.82) is 5.26 Å². The highest BCUT2D eigenvalue weighted by Gasteiger charge is 2.25. The van der Waals surface area contributed by atoms with E-state index in [1.165, 1.54) is 11.1 Å². The number of aliphatic hydroxyl groups is 1. The maximum Gasteiger partial charge on any atom is 0.257 e. The molecule has 1 heterocycles. The minimum absolute atomic E-state index is 0.0309. The number of hydrogen-bond acceptors (Lipinski definition) is 8. The minimum Gasteiger partial charge on any atom is -0.490 e. The van der Waals surface area contributed by atoms with E-state index in [0.717, 1.165) is 24.8 Å². The fraction of sp³-hybridized carbons (Fsp3) is 0.423. The van der Waals surface area contributed by atoms with Gasteiger partial charge < -0.3 is 20.0 Å². The molecule has 34 heavy (non-hydrogen) atoms. The van der Waals surface area contributed by atoms with Crippen LogP contribution in [0.4, 0.5) is 0 Å². The summed E-state index contributed by atoms with van der Waals surface area (Å²) in [6.45, 7) is 8.50. The molecule has 8 nitrogen and oxygen atoms in total. The third-order valence-electron chi connectivity index (χ3n) is 5.46. The molecule has 1 atom stereocenters. The number of nitriles is 1. The Hall–Kier alpha value is -3.41. The average molecular weight is 464 g/mol. The molecular weight excluding hydrogens is 430 g/mol. The normalized spacial score (nSPS) is 16.6. The van der Waals surface area contributed by atoms with E-state index in [-0.39, 0.29) is 18.8 Å². The Bertz CT molecular complexity index is 1090. The van der Waals surface area contributed by atoms with Gasteiger partial charge in [-0.25, -0.2) is 0 Å². The first-order valence-corrected chi connectivity index (χ1v) is 11.9. The topological polar surface area (TPSA) is 111 Å². The largest absolute Gasteiger partial charge is 0.490 e. The molecule has 0 aromatic heterocycles. The number of hydrazone groups is 1. The van der Waals surface area contributed by atoms with Crippen molar-refractivity contribution in [2.75, 3.05) is 13.2 Å². The third kappa shape index (κ3) is 5.74. The number of benzene rings is 2. The summed E-state index contributed by atoms with van der Waals surface area (Å²) in [6.07, 6.45) is 2.98. The van der Waals surface area contributed by atoms with Crippen LogP contribution in [0.15, 0.2) is 46.5 Å². The molecule has 4 rings (SSSR count). The van der Waals surface area contributed by atoms with Crippen LogP contribution >= 0.6 is 0 Å². The van der Waals surface area contributed by atoms with Crippen molar-refractivity contribution < 1.29 is 14.7 Å². The monoisotopic (exact) mass is 463 g/mol. The van der Waals surface area contributed by atoms with Gasteiger partial charge in [0, 0.05) is 23.7 Å². The van der Waals surface area contributed by atoms with Crippen molar-refractivity contribution in [2.45, 2.75) is 59.1 Å². The Labute approximate surface area is 201 Å². The van der Waals surface area contributed by atoms with Gasteiger partial charge in [0.05, 0.1) is 18.3 Å². The maximum atomic E-state index is 9.53. The van der Waals surface area contributed by atoms with Crippen LogP contribution in [-0.4, -0.2) is 36.1 Å². The van der Waals surface area contributed by atoms with Gasteiger partial charge in [0.2, 0.25) is 0 Å². The van der Waals surface area contributed by atoms with E-state index in [1.807, 2.05) is 45.9 Å². The Morgan fingerprint density at radius 1 is 1.29 bits per heavy atom. The van der Waals surface area contributed by atoms with E-state index < -0.39 is 0 Å². The number of aliphatic hydroxyl groups excluding tert-OH is 1. The molecule has 0 fully saturated rings. The van der Waals surface area contributed by atoms with Gasteiger partial charge in [-0.2, -0.15) is 10.3 Å². The molecule has 2 aliphatic rings. The Morgan fingerprint density at radius 2 is 2.12 bits per heavy atom. The molecule has 0 spiro atoms. The number of amidine groups is 1. The summed E-state index contributed by atoms with van der Waals surface area (Å²) in [6, 6.07) is 13.8. The van der Waals surface area contributed by atoms with Crippen LogP contribution in [0.1, 0.15) is 74.4 Å². The van der Waals surface area contributed by atoms with Crippen molar-refractivity contribution in [3.63, 3.8) is 0 Å². The molecule has 8 heteroatoms. The SMILES string of the molecule is CC.CC(C)Oc1ccc(C2=NC(c3cccc4c3CCC[C@@H]4NCCO)=NNO2)cc1C#N. The molecule has 180 valence electrons.